The van der Waals surface area contributed by atoms with Crippen molar-refractivity contribution in [1.29, 1.82) is 0 Å². The van der Waals surface area contributed by atoms with Gasteiger partial charge in [0.15, 0.2) is 5.75 Å². The molecule has 0 aliphatic rings. The number of halogens is 1. The average Bonchev–Trinajstić information content (AvgIpc) is 2.68. The van der Waals surface area contributed by atoms with Gasteiger partial charge in [0.25, 0.3) is 0 Å². The van der Waals surface area contributed by atoms with Crippen LogP contribution in [-0.2, 0) is 0 Å². The van der Waals surface area contributed by atoms with Gasteiger partial charge in [-0.1, -0.05) is 34.7 Å². The Morgan fingerprint density at radius 3 is 2.82 bits per heavy atom. The normalized spacial score (nSPS) is 11.4. The number of thiazole rings is 1. The van der Waals surface area contributed by atoms with Crippen LogP contribution in [0, 0.1) is 0 Å². The lowest BCUT2D eigenvalue weighted by Crippen LogP contribution is -2.04. The Morgan fingerprint density at radius 2 is 2.24 bits per heavy atom. The van der Waals surface area contributed by atoms with E-state index in [1.165, 1.54) is 0 Å². The van der Waals surface area contributed by atoms with Gasteiger partial charge in [0, 0.05) is 11.2 Å². The number of fused-ring (bicyclic) bond motifs is 1. The third kappa shape index (κ3) is 2.42. The van der Waals surface area contributed by atoms with Gasteiger partial charge in [-0.25, -0.2) is 4.98 Å². The smallest absolute Gasteiger partial charge is 0.154 e. The van der Waals surface area contributed by atoms with E-state index in [4.69, 9.17) is 16.3 Å². The van der Waals surface area contributed by atoms with Crippen LogP contribution in [0.5, 0.6) is 5.75 Å². The highest BCUT2D eigenvalue weighted by Gasteiger charge is 2.16. The maximum Gasteiger partial charge on any atom is 0.154 e. The van der Waals surface area contributed by atoms with E-state index < -0.39 is 0 Å². The minimum absolute atomic E-state index is 0.425. The summed E-state index contributed by atoms with van der Waals surface area (Å²) in [6, 6.07) is 1.96. The topological polar surface area (TPSA) is 22.1 Å². The summed E-state index contributed by atoms with van der Waals surface area (Å²) in [6.45, 7) is 6.86. The Labute approximate surface area is 113 Å². The Balaban J connectivity index is 2.69. The Bertz CT molecular complexity index is 553. The molecule has 0 aliphatic heterocycles. The molecule has 0 fully saturated rings. The van der Waals surface area contributed by atoms with Gasteiger partial charge in [-0.3, -0.25) is 0 Å². The van der Waals surface area contributed by atoms with Crippen LogP contribution in [0.3, 0.4) is 0 Å². The number of nitrogens with zero attached hydrogens (tertiary/aromatic N) is 1. The molecule has 1 heterocycles. The van der Waals surface area contributed by atoms with E-state index in [2.05, 4.69) is 28.1 Å². The fourth-order valence-electron chi connectivity index (χ4n) is 1.58. The summed E-state index contributed by atoms with van der Waals surface area (Å²) < 4.78 is 6.75. The molecule has 1 atom stereocenters. The predicted octanol–water partition coefficient (Wildman–Crippen LogP) is 3.97. The number of benzene rings is 1. The van der Waals surface area contributed by atoms with Crippen LogP contribution in [0.25, 0.3) is 10.2 Å². The molecule has 17 heavy (non-hydrogen) atoms. The molecule has 0 saturated carbocycles. The molecular weight excluding hydrogens is 273 g/mol. The van der Waals surface area contributed by atoms with E-state index >= 15 is 0 Å². The molecule has 0 N–H and O–H groups in total. The molecule has 0 aliphatic carbocycles. The first-order valence-electron chi connectivity index (χ1n) is 5.55. The van der Waals surface area contributed by atoms with Crippen LogP contribution >= 0.6 is 32.2 Å². The molecule has 0 spiro atoms. The molecule has 1 aromatic carbocycles. The number of aromatic nitrogens is 1. The monoisotopic (exact) mass is 287 g/mol. The van der Waals surface area contributed by atoms with Crippen molar-refractivity contribution in [2.45, 2.75) is 26.7 Å². The van der Waals surface area contributed by atoms with Crippen LogP contribution in [0.1, 0.15) is 31.7 Å². The van der Waals surface area contributed by atoms with Crippen LogP contribution in [0.4, 0.5) is 0 Å². The van der Waals surface area contributed by atoms with Crippen LogP contribution < -0.4 is 10.0 Å². The Hall–Kier alpha value is -0.370. The second kappa shape index (κ2) is 5.09. The zero-order valence-electron chi connectivity index (χ0n) is 10.1. The molecule has 0 amide bonds. The number of ether oxygens (including phenoxy) is 1. The fourth-order valence-corrected chi connectivity index (χ4v) is 3.15. The largest absolute Gasteiger partial charge is 0.491 e. The number of rotatable bonds is 3. The molecule has 0 bridgehead atoms. The van der Waals surface area contributed by atoms with Gasteiger partial charge < -0.3 is 4.74 Å². The first-order chi connectivity index (χ1) is 8.04. The van der Waals surface area contributed by atoms with Crippen molar-refractivity contribution in [3.8, 4) is 5.75 Å². The molecule has 1 aromatic heterocycles. The van der Waals surface area contributed by atoms with Crippen molar-refractivity contribution in [2.75, 3.05) is 6.61 Å². The fraction of sp³-hybridized carbons (Fsp3) is 0.417. The highest BCUT2D eigenvalue weighted by atomic mass is 35.5. The minimum Gasteiger partial charge on any atom is -0.491 e. The van der Waals surface area contributed by atoms with E-state index in [0.717, 1.165) is 26.3 Å². The molecule has 0 saturated heterocycles. The minimum atomic E-state index is 0.425. The zero-order valence-corrected chi connectivity index (χ0v) is 12.8. The van der Waals surface area contributed by atoms with Gasteiger partial charge in [-0.05, 0) is 13.0 Å². The Morgan fingerprint density at radius 1 is 1.53 bits per heavy atom. The summed E-state index contributed by atoms with van der Waals surface area (Å²) in [7, 11) is 2.63. The average molecular weight is 288 g/mol. The van der Waals surface area contributed by atoms with E-state index in [9.17, 15) is 0 Å². The van der Waals surface area contributed by atoms with Crippen LogP contribution in [0.2, 0.25) is 5.02 Å². The molecule has 2 nitrogen and oxygen atoms in total. The molecule has 1 unspecified atom stereocenters. The third-order valence-corrected chi connectivity index (χ3v) is 4.80. The lowest BCUT2D eigenvalue weighted by atomic mass is 10.2. The van der Waals surface area contributed by atoms with Crippen molar-refractivity contribution < 1.29 is 4.74 Å². The zero-order chi connectivity index (χ0) is 12.6. The molecule has 5 heteroatoms. The SMILES string of the molecule is CCOc1c(P)c(Cl)cc2sc(C(C)C)nc12. The maximum atomic E-state index is 6.20. The lowest BCUT2D eigenvalue weighted by Gasteiger charge is -2.08. The summed E-state index contributed by atoms with van der Waals surface area (Å²) in [5, 5.41) is 2.72. The van der Waals surface area contributed by atoms with E-state index in [-0.39, 0.29) is 0 Å². The Kier molecular flexibility index (Phi) is 3.92. The van der Waals surface area contributed by atoms with Crippen LogP contribution in [0.15, 0.2) is 6.07 Å². The van der Waals surface area contributed by atoms with Crippen molar-refractivity contribution in [1.82, 2.24) is 4.98 Å². The van der Waals surface area contributed by atoms with Gasteiger partial charge in [-0.2, -0.15) is 0 Å². The second-order valence-corrected chi connectivity index (χ2v) is 6.13. The highest BCUT2D eigenvalue weighted by Crippen LogP contribution is 2.35. The molecule has 0 radical (unpaired) electrons. The van der Waals surface area contributed by atoms with Gasteiger partial charge in [-0.15, -0.1) is 11.3 Å². The highest BCUT2D eigenvalue weighted by molar-refractivity contribution is 7.28. The molecular formula is C12H15ClNOPS. The predicted molar refractivity (Wildman–Crippen MR) is 79.2 cm³/mol. The van der Waals surface area contributed by atoms with E-state index in [1.807, 2.05) is 13.0 Å². The van der Waals surface area contributed by atoms with Crippen molar-refractivity contribution >= 4 is 47.7 Å². The molecule has 2 rings (SSSR count). The first-order valence-corrected chi connectivity index (χ1v) is 7.33. The number of hydrogen-bond donors (Lipinski definition) is 0. The number of hydrogen-bond acceptors (Lipinski definition) is 3. The maximum absolute atomic E-state index is 6.20. The van der Waals surface area contributed by atoms with Gasteiger partial charge in [0.1, 0.15) is 5.52 Å². The quantitative estimate of drug-likeness (QED) is 0.797. The van der Waals surface area contributed by atoms with Gasteiger partial charge >= 0.3 is 0 Å². The van der Waals surface area contributed by atoms with E-state index in [0.29, 0.717) is 17.5 Å². The van der Waals surface area contributed by atoms with Gasteiger partial charge in [0.05, 0.1) is 21.3 Å². The second-order valence-electron chi connectivity index (χ2n) is 4.09. The summed E-state index contributed by atoms with van der Waals surface area (Å²) in [4.78, 5) is 4.65. The third-order valence-electron chi connectivity index (χ3n) is 2.43. The molecule has 92 valence electrons. The van der Waals surface area contributed by atoms with Crippen molar-refractivity contribution in [2.24, 2.45) is 0 Å². The van der Waals surface area contributed by atoms with Gasteiger partial charge in [0.2, 0.25) is 0 Å². The van der Waals surface area contributed by atoms with Crippen molar-refractivity contribution in [3.63, 3.8) is 0 Å². The summed E-state index contributed by atoms with van der Waals surface area (Å²) in [6.07, 6.45) is 0. The standard InChI is InChI=1S/C12H15ClNOPS/c1-4-15-10-9-8(5-7(13)11(10)16)17-12(14-9)6(2)3/h5-6H,4,16H2,1-3H3. The first kappa shape index (κ1) is 13.1. The summed E-state index contributed by atoms with van der Waals surface area (Å²) in [5.41, 5.74) is 0.926. The summed E-state index contributed by atoms with van der Waals surface area (Å²) >= 11 is 7.88. The van der Waals surface area contributed by atoms with E-state index in [1.54, 1.807) is 11.3 Å². The summed E-state index contributed by atoms with van der Waals surface area (Å²) in [5.74, 6) is 1.22. The van der Waals surface area contributed by atoms with Crippen molar-refractivity contribution in [3.05, 3.63) is 16.1 Å². The lowest BCUT2D eigenvalue weighted by molar-refractivity contribution is 0.346. The van der Waals surface area contributed by atoms with Crippen LogP contribution in [-0.4, -0.2) is 11.6 Å². The molecule has 2 aromatic rings.